The fourth-order valence-electron chi connectivity index (χ4n) is 3.76. The summed E-state index contributed by atoms with van der Waals surface area (Å²) in [5, 5.41) is 0. The van der Waals surface area contributed by atoms with Crippen molar-refractivity contribution in [3.63, 3.8) is 0 Å². The zero-order valence-electron chi connectivity index (χ0n) is 19.2. The molecule has 0 saturated heterocycles. The Balaban J connectivity index is 1.87. The van der Waals surface area contributed by atoms with Crippen molar-refractivity contribution in [1.29, 1.82) is 0 Å². The van der Waals surface area contributed by atoms with Crippen molar-refractivity contribution in [2.75, 3.05) is 42.5 Å². The van der Waals surface area contributed by atoms with E-state index >= 15 is 0 Å². The normalized spacial score (nSPS) is 17.3. The molecule has 1 unspecified atom stereocenters. The van der Waals surface area contributed by atoms with Gasteiger partial charge in [0.25, 0.3) is 0 Å². The summed E-state index contributed by atoms with van der Waals surface area (Å²) in [7, 11) is -0.533. The van der Waals surface area contributed by atoms with Gasteiger partial charge in [0.15, 0.2) is 0 Å². The average Bonchev–Trinajstić information content (AvgIpc) is 2.74. The van der Waals surface area contributed by atoms with Crippen LogP contribution in [0.5, 0.6) is 0 Å². The maximum atomic E-state index is 5.37. The standard InChI is InChI=1S/C25H48OS2/c1-4-26-21-18-23-27-22-16-11-9-7-6-8-10-12-17-24-28(3,5-2)25-19-14-13-15-20-25/h14,19-20H,4-13,15-18,21-24H2,1-3H3. The molecule has 0 radical (unpaired) electrons. The van der Waals surface area contributed by atoms with Gasteiger partial charge in [-0.2, -0.15) is 11.8 Å². The molecule has 3 heteroatoms. The van der Waals surface area contributed by atoms with E-state index in [2.05, 4.69) is 50.1 Å². The number of hydrogen-bond donors (Lipinski definition) is 0. The molecule has 1 rings (SSSR count). The number of unbranched alkanes of at least 4 members (excludes halogenated alkanes) is 8. The Labute approximate surface area is 182 Å². The Hall–Kier alpha value is 0.140. The molecule has 0 N–H and O–H groups in total. The van der Waals surface area contributed by atoms with Crippen LogP contribution in [0.1, 0.15) is 90.9 Å². The zero-order valence-corrected chi connectivity index (χ0v) is 20.8. The molecule has 0 aliphatic heterocycles. The monoisotopic (exact) mass is 428 g/mol. The van der Waals surface area contributed by atoms with Crippen molar-refractivity contribution in [1.82, 2.24) is 0 Å². The molecule has 1 atom stereocenters. The topological polar surface area (TPSA) is 9.23 Å². The predicted molar refractivity (Wildman–Crippen MR) is 135 cm³/mol. The molecule has 0 fully saturated rings. The smallest absolute Gasteiger partial charge is 0.0473 e. The fraction of sp³-hybridized carbons (Fsp3) is 0.840. The van der Waals surface area contributed by atoms with Crippen molar-refractivity contribution >= 4 is 21.8 Å². The minimum atomic E-state index is -0.533. The lowest BCUT2D eigenvalue weighted by Crippen LogP contribution is -2.09. The van der Waals surface area contributed by atoms with Gasteiger partial charge in [0.1, 0.15) is 0 Å². The Morgan fingerprint density at radius 1 is 0.857 bits per heavy atom. The zero-order chi connectivity index (χ0) is 20.3. The van der Waals surface area contributed by atoms with E-state index in [9.17, 15) is 0 Å². The van der Waals surface area contributed by atoms with E-state index in [-0.39, 0.29) is 0 Å². The highest BCUT2D eigenvalue weighted by molar-refractivity contribution is 8.36. The number of hydrogen-bond acceptors (Lipinski definition) is 2. The first-order valence-corrected chi connectivity index (χ1v) is 15.5. The Bertz CT molecular complexity index is 419. The summed E-state index contributed by atoms with van der Waals surface area (Å²) in [6.45, 7) is 6.28. The fourth-order valence-corrected chi connectivity index (χ4v) is 7.33. The van der Waals surface area contributed by atoms with Gasteiger partial charge in [-0.1, -0.05) is 70.1 Å². The van der Waals surface area contributed by atoms with Crippen molar-refractivity contribution in [2.24, 2.45) is 0 Å². The molecule has 0 aromatic carbocycles. The molecule has 0 saturated carbocycles. The van der Waals surface area contributed by atoms with E-state index in [0.717, 1.165) is 13.2 Å². The molecule has 166 valence electrons. The summed E-state index contributed by atoms with van der Waals surface area (Å²) in [4.78, 5) is 1.69. The average molecular weight is 429 g/mol. The second kappa shape index (κ2) is 18.0. The molecule has 0 aromatic rings. The Morgan fingerprint density at radius 2 is 1.50 bits per heavy atom. The van der Waals surface area contributed by atoms with Crippen LogP contribution in [-0.2, 0) is 4.74 Å². The van der Waals surface area contributed by atoms with E-state index < -0.39 is 10.0 Å². The predicted octanol–water partition coefficient (Wildman–Crippen LogP) is 8.35. The van der Waals surface area contributed by atoms with E-state index in [4.69, 9.17) is 4.74 Å². The van der Waals surface area contributed by atoms with Gasteiger partial charge in [0, 0.05) is 13.2 Å². The minimum absolute atomic E-state index is 0.533. The van der Waals surface area contributed by atoms with Gasteiger partial charge in [0.05, 0.1) is 0 Å². The third-order valence-corrected chi connectivity index (χ3v) is 10.9. The first-order chi connectivity index (χ1) is 13.7. The summed E-state index contributed by atoms with van der Waals surface area (Å²) >= 11 is 2.11. The number of allylic oxidation sites excluding steroid dienone is 3. The summed E-state index contributed by atoms with van der Waals surface area (Å²) in [6, 6.07) is 0. The van der Waals surface area contributed by atoms with Crippen molar-refractivity contribution in [2.45, 2.75) is 90.9 Å². The van der Waals surface area contributed by atoms with Gasteiger partial charge in [-0.05, 0) is 73.2 Å². The molecule has 0 aromatic heterocycles. The summed E-state index contributed by atoms with van der Waals surface area (Å²) in [5.41, 5.74) is 0. The molecule has 0 bridgehead atoms. The molecule has 0 heterocycles. The number of thioether (sulfide) groups is 1. The van der Waals surface area contributed by atoms with Crippen LogP contribution in [0.25, 0.3) is 0 Å². The van der Waals surface area contributed by atoms with Gasteiger partial charge in [0.2, 0.25) is 0 Å². The van der Waals surface area contributed by atoms with Crippen LogP contribution in [0.15, 0.2) is 23.1 Å². The van der Waals surface area contributed by atoms with Crippen molar-refractivity contribution in [3.05, 3.63) is 23.1 Å². The van der Waals surface area contributed by atoms with Crippen LogP contribution < -0.4 is 0 Å². The lowest BCUT2D eigenvalue weighted by atomic mass is 10.1. The first-order valence-electron chi connectivity index (χ1n) is 12.0. The van der Waals surface area contributed by atoms with E-state index in [1.807, 2.05) is 0 Å². The maximum Gasteiger partial charge on any atom is 0.0473 e. The van der Waals surface area contributed by atoms with E-state index in [0.29, 0.717) is 0 Å². The van der Waals surface area contributed by atoms with Gasteiger partial charge in [-0.3, -0.25) is 0 Å². The maximum absolute atomic E-state index is 5.37. The number of ether oxygens (including phenoxy) is 1. The third kappa shape index (κ3) is 12.6. The minimum Gasteiger partial charge on any atom is -0.382 e. The lowest BCUT2D eigenvalue weighted by Gasteiger charge is -2.37. The van der Waals surface area contributed by atoms with Crippen molar-refractivity contribution < 1.29 is 4.74 Å². The lowest BCUT2D eigenvalue weighted by molar-refractivity contribution is 0.149. The van der Waals surface area contributed by atoms with Crippen LogP contribution in [0.3, 0.4) is 0 Å². The highest BCUT2D eigenvalue weighted by Crippen LogP contribution is 2.54. The third-order valence-electron chi connectivity index (χ3n) is 5.83. The Kier molecular flexibility index (Phi) is 16.8. The van der Waals surface area contributed by atoms with Gasteiger partial charge >= 0.3 is 0 Å². The van der Waals surface area contributed by atoms with E-state index in [1.54, 1.807) is 4.91 Å². The van der Waals surface area contributed by atoms with Gasteiger partial charge < -0.3 is 4.74 Å². The van der Waals surface area contributed by atoms with E-state index in [1.165, 1.54) is 100 Å². The van der Waals surface area contributed by atoms with Gasteiger partial charge in [-0.15, -0.1) is 0 Å². The van der Waals surface area contributed by atoms with Crippen LogP contribution in [0.2, 0.25) is 0 Å². The summed E-state index contributed by atoms with van der Waals surface area (Å²) < 4.78 is 5.37. The molecule has 0 spiro atoms. The molecule has 1 aliphatic rings. The SMILES string of the molecule is CCOCCCSCCCCCCCCCCCS(C)(CC)C1=CCCC=C1. The van der Waals surface area contributed by atoms with Crippen LogP contribution in [-0.4, -0.2) is 42.5 Å². The molecule has 1 aliphatic carbocycles. The quantitative estimate of drug-likeness (QED) is 0.191. The molecule has 0 amide bonds. The van der Waals surface area contributed by atoms with Gasteiger partial charge in [-0.25, -0.2) is 10.0 Å². The largest absolute Gasteiger partial charge is 0.382 e. The van der Waals surface area contributed by atoms with Crippen LogP contribution in [0.4, 0.5) is 0 Å². The molecular weight excluding hydrogens is 380 g/mol. The Morgan fingerprint density at radius 3 is 2.11 bits per heavy atom. The summed E-state index contributed by atoms with van der Waals surface area (Å²) in [5.74, 6) is 5.42. The highest BCUT2D eigenvalue weighted by Gasteiger charge is 2.19. The van der Waals surface area contributed by atoms with Crippen LogP contribution in [0, 0.1) is 0 Å². The highest BCUT2D eigenvalue weighted by atomic mass is 32.3. The van der Waals surface area contributed by atoms with Crippen LogP contribution >= 0.6 is 21.8 Å². The molecular formula is C25H48OS2. The second-order valence-corrected chi connectivity index (χ2v) is 13.4. The molecule has 1 nitrogen and oxygen atoms in total. The second-order valence-electron chi connectivity index (χ2n) is 8.20. The summed E-state index contributed by atoms with van der Waals surface area (Å²) in [6.07, 6.45) is 26.6. The first kappa shape index (κ1) is 26.2. The number of rotatable bonds is 19. The van der Waals surface area contributed by atoms with Crippen molar-refractivity contribution in [3.8, 4) is 0 Å². The molecule has 28 heavy (non-hydrogen) atoms.